The van der Waals surface area contributed by atoms with Gasteiger partial charge in [0.05, 0.1) is 27.8 Å². The first-order valence-corrected chi connectivity index (χ1v) is 6.70. The maximum Gasteiger partial charge on any atom is 0.252 e. The van der Waals surface area contributed by atoms with Gasteiger partial charge >= 0.3 is 0 Å². The van der Waals surface area contributed by atoms with Gasteiger partial charge in [0.25, 0.3) is 5.91 Å². The molecule has 0 atom stereocenters. The molecular formula is C11H11BrN4OS. The number of hydrogen-bond donors (Lipinski definition) is 3. The van der Waals surface area contributed by atoms with Gasteiger partial charge in [-0.1, -0.05) is 0 Å². The number of nitrogens with one attached hydrogen (secondary N) is 1. The van der Waals surface area contributed by atoms with Crippen LogP contribution in [0.5, 0.6) is 0 Å². The van der Waals surface area contributed by atoms with E-state index in [0.29, 0.717) is 23.6 Å². The first-order chi connectivity index (χ1) is 8.56. The zero-order chi connectivity index (χ0) is 13.1. The summed E-state index contributed by atoms with van der Waals surface area (Å²) < 4.78 is 1.06. The number of nitrogen functional groups attached to an aromatic ring is 1. The zero-order valence-electron chi connectivity index (χ0n) is 9.31. The van der Waals surface area contributed by atoms with E-state index in [9.17, 15) is 4.79 Å². The first kappa shape index (κ1) is 12.8. The predicted molar refractivity (Wildman–Crippen MR) is 76.5 cm³/mol. The average molecular weight is 327 g/mol. The van der Waals surface area contributed by atoms with Crippen LogP contribution in [0.15, 0.2) is 28.2 Å². The van der Waals surface area contributed by atoms with E-state index in [2.05, 4.69) is 26.2 Å². The molecule has 5 N–H and O–H groups in total. The zero-order valence-corrected chi connectivity index (χ0v) is 11.7. The van der Waals surface area contributed by atoms with E-state index in [-0.39, 0.29) is 0 Å². The standard InChI is InChI=1S/C11H11BrN4OS/c12-9-2-1-7(18-9)5-16-11-8(10(14)17)3-6(13)4-15-11/h1-4H,5,13H2,(H2,14,17)(H,15,16). The third-order valence-corrected chi connectivity index (χ3v) is 3.86. The van der Waals surface area contributed by atoms with Crippen molar-refractivity contribution in [2.24, 2.45) is 5.73 Å². The summed E-state index contributed by atoms with van der Waals surface area (Å²) in [7, 11) is 0. The van der Waals surface area contributed by atoms with E-state index < -0.39 is 5.91 Å². The summed E-state index contributed by atoms with van der Waals surface area (Å²) in [5.74, 6) is -0.106. The summed E-state index contributed by atoms with van der Waals surface area (Å²) >= 11 is 5.00. The molecule has 7 heteroatoms. The molecule has 94 valence electrons. The van der Waals surface area contributed by atoms with Gasteiger partial charge in [-0.3, -0.25) is 4.79 Å². The molecule has 2 rings (SSSR count). The number of nitrogens with two attached hydrogens (primary N) is 2. The fourth-order valence-electron chi connectivity index (χ4n) is 1.43. The van der Waals surface area contributed by atoms with Crippen LogP contribution in [0, 0.1) is 0 Å². The minimum atomic E-state index is -0.551. The second kappa shape index (κ2) is 5.36. The minimum Gasteiger partial charge on any atom is -0.397 e. The number of aromatic nitrogens is 1. The van der Waals surface area contributed by atoms with Crippen LogP contribution in [0.25, 0.3) is 0 Å². The molecule has 0 radical (unpaired) electrons. The monoisotopic (exact) mass is 326 g/mol. The summed E-state index contributed by atoms with van der Waals surface area (Å²) in [5.41, 5.74) is 11.6. The Balaban J connectivity index is 2.16. The second-order valence-electron chi connectivity index (χ2n) is 3.59. The van der Waals surface area contributed by atoms with E-state index in [1.54, 1.807) is 11.3 Å². The molecule has 18 heavy (non-hydrogen) atoms. The SMILES string of the molecule is NC(=O)c1cc(N)cnc1NCc1ccc(Br)s1. The van der Waals surface area contributed by atoms with Gasteiger partial charge in [-0.25, -0.2) is 4.98 Å². The topological polar surface area (TPSA) is 94.0 Å². The number of amides is 1. The number of nitrogens with zero attached hydrogens (tertiary/aromatic N) is 1. The maximum atomic E-state index is 11.3. The summed E-state index contributed by atoms with van der Waals surface area (Å²) in [5, 5.41) is 3.07. The molecule has 0 bridgehead atoms. The highest BCUT2D eigenvalue weighted by Gasteiger charge is 2.10. The van der Waals surface area contributed by atoms with Crippen molar-refractivity contribution in [3.63, 3.8) is 0 Å². The molecule has 2 heterocycles. The Morgan fingerprint density at radius 3 is 2.89 bits per heavy atom. The summed E-state index contributed by atoms with van der Waals surface area (Å²) in [6.07, 6.45) is 1.49. The van der Waals surface area contributed by atoms with Crippen molar-refractivity contribution in [3.8, 4) is 0 Å². The van der Waals surface area contributed by atoms with Crippen molar-refractivity contribution in [2.45, 2.75) is 6.54 Å². The lowest BCUT2D eigenvalue weighted by Gasteiger charge is -2.08. The molecule has 0 spiro atoms. The van der Waals surface area contributed by atoms with Crippen molar-refractivity contribution in [1.29, 1.82) is 0 Å². The smallest absolute Gasteiger partial charge is 0.252 e. The number of carbonyl (C=O) groups is 1. The van der Waals surface area contributed by atoms with Crippen molar-refractivity contribution in [1.82, 2.24) is 4.98 Å². The Bertz CT molecular complexity index is 584. The van der Waals surface area contributed by atoms with Gasteiger partial charge in [0.1, 0.15) is 5.82 Å². The van der Waals surface area contributed by atoms with Crippen molar-refractivity contribution in [3.05, 3.63) is 38.6 Å². The number of halogens is 1. The summed E-state index contributed by atoms with van der Waals surface area (Å²) in [6.45, 7) is 0.577. The fraction of sp³-hybridized carbons (Fsp3) is 0.0909. The minimum absolute atomic E-state index is 0.297. The number of hydrogen-bond acceptors (Lipinski definition) is 5. The van der Waals surface area contributed by atoms with Crippen LogP contribution in [-0.2, 0) is 6.54 Å². The maximum absolute atomic E-state index is 11.3. The molecule has 0 aromatic carbocycles. The van der Waals surface area contributed by atoms with Crippen LogP contribution in [0.2, 0.25) is 0 Å². The van der Waals surface area contributed by atoms with Crippen LogP contribution < -0.4 is 16.8 Å². The Hall–Kier alpha value is -1.60. The van der Waals surface area contributed by atoms with Crippen LogP contribution in [-0.4, -0.2) is 10.9 Å². The van der Waals surface area contributed by atoms with Gasteiger partial charge in [0.15, 0.2) is 0 Å². The Morgan fingerprint density at radius 1 is 1.50 bits per heavy atom. The third kappa shape index (κ3) is 2.99. The molecule has 0 fully saturated rings. The lowest BCUT2D eigenvalue weighted by Crippen LogP contribution is -2.15. The number of rotatable bonds is 4. The van der Waals surface area contributed by atoms with Crippen LogP contribution in [0.4, 0.5) is 11.5 Å². The highest BCUT2D eigenvalue weighted by molar-refractivity contribution is 9.11. The van der Waals surface area contributed by atoms with Crippen molar-refractivity contribution < 1.29 is 4.79 Å². The van der Waals surface area contributed by atoms with E-state index >= 15 is 0 Å². The second-order valence-corrected chi connectivity index (χ2v) is 6.14. The Morgan fingerprint density at radius 2 is 2.28 bits per heavy atom. The third-order valence-electron chi connectivity index (χ3n) is 2.23. The van der Waals surface area contributed by atoms with Crippen LogP contribution in [0.3, 0.4) is 0 Å². The Kier molecular flexibility index (Phi) is 3.83. The van der Waals surface area contributed by atoms with Gasteiger partial charge < -0.3 is 16.8 Å². The normalized spacial score (nSPS) is 10.3. The molecule has 0 saturated carbocycles. The molecule has 0 saturated heterocycles. The lowest BCUT2D eigenvalue weighted by molar-refractivity contribution is 0.100. The molecule has 0 aliphatic rings. The van der Waals surface area contributed by atoms with Gasteiger partial charge in [0, 0.05) is 4.88 Å². The highest BCUT2D eigenvalue weighted by Crippen LogP contribution is 2.23. The van der Waals surface area contributed by atoms with E-state index in [1.807, 2.05) is 12.1 Å². The van der Waals surface area contributed by atoms with Gasteiger partial charge in [-0.2, -0.15) is 0 Å². The molecule has 2 aromatic heterocycles. The van der Waals surface area contributed by atoms with Crippen LogP contribution >= 0.6 is 27.3 Å². The molecule has 0 aliphatic carbocycles. The van der Waals surface area contributed by atoms with E-state index in [0.717, 1.165) is 8.66 Å². The largest absolute Gasteiger partial charge is 0.397 e. The van der Waals surface area contributed by atoms with E-state index in [4.69, 9.17) is 11.5 Å². The fourth-order valence-corrected chi connectivity index (χ4v) is 2.85. The Labute approximate surface area is 116 Å². The summed E-state index contributed by atoms with van der Waals surface area (Å²) in [6, 6.07) is 5.47. The van der Waals surface area contributed by atoms with Crippen molar-refractivity contribution in [2.75, 3.05) is 11.1 Å². The number of carbonyl (C=O) groups excluding carboxylic acids is 1. The van der Waals surface area contributed by atoms with Gasteiger partial charge in [-0.15, -0.1) is 11.3 Å². The molecule has 5 nitrogen and oxygen atoms in total. The summed E-state index contributed by atoms with van der Waals surface area (Å²) in [4.78, 5) is 16.5. The highest BCUT2D eigenvalue weighted by atomic mass is 79.9. The number of pyridine rings is 1. The van der Waals surface area contributed by atoms with Crippen molar-refractivity contribution >= 4 is 44.7 Å². The van der Waals surface area contributed by atoms with E-state index in [1.165, 1.54) is 12.3 Å². The predicted octanol–water partition coefficient (Wildman–Crippen LogP) is 2.20. The molecule has 0 unspecified atom stereocenters. The number of primary amides is 1. The molecule has 2 aromatic rings. The lowest BCUT2D eigenvalue weighted by atomic mass is 10.2. The molecular weight excluding hydrogens is 316 g/mol. The first-order valence-electron chi connectivity index (χ1n) is 5.09. The van der Waals surface area contributed by atoms with Gasteiger partial charge in [-0.05, 0) is 34.1 Å². The number of thiophene rings is 1. The van der Waals surface area contributed by atoms with Gasteiger partial charge in [0.2, 0.25) is 0 Å². The quantitative estimate of drug-likeness (QED) is 0.802. The number of anilines is 2. The molecule has 0 aliphatic heterocycles. The average Bonchev–Trinajstić information content (AvgIpc) is 2.73. The van der Waals surface area contributed by atoms with Crippen LogP contribution in [0.1, 0.15) is 15.2 Å². The molecule has 1 amide bonds.